The third-order valence-corrected chi connectivity index (χ3v) is 1.98. The highest BCUT2D eigenvalue weighted by atomic mass is 16.5. The van der Waals surface area contributed by atoms with E-state index in [4.69, 9.17) is 10.5 Å². The minimum atomic E-state index is 0.735. The Kier molecular flexibility index (Phi) is 4.79. The van der Waals surface area contributed by atoms with Crippen molar-refractivity contribution in [3.63, 3.8) is 0 Å². The first-order valence-electron chi connectivity index (χ1n) is 4.92. The summed E-state index contributed by atoms with van der Waals surface area (Å²) in [5, 5.41) is 0. The third kappa shape index (κ3) is 3.62. The van der Waals surface area contributed by atoms with Crippen LogP contribution in [-0.2, 0) is 0 Å². The van der Waals surface area contributed by atoms with Crippen LogP contribution in [-0.4, -0.2) is 13.2 Å². The van der Waals surface area contributed by atoms with Crippen LogP contribution in [0.5, 0.6) is 5.75 Å². The molecule has 0 aliphatic rings. The van der Waals surface area contributed by atoms with Crippen molar-refractivity contribution in [3.8, 4) is 5.75 Å². The van der Waals surface area contributed by atoms with Crippen LogP contribution < -0.4 is 10.5 Å². The molecule has 14 heavy (non-hydrogen) atoms. The molecule has 1 aromatic rings. The standard InChI is InChI=1S/C12H17NO/c1-2-11-5-7-12(8-6-11)14-10-4-3-9-13/h2,5-8H,1,3-4,9-10,13H2. The first kappa shape index (κ1) is 10.8. The number of hydrogen-bond donors (Lipinski definition) is 1. The maximum absolute atomic E-state index is 5.52. The van der Waals surface area contributed by atoms with E-state index in [1.807, 2.05) is 30.3 Å². The highest BCUT2D eigenvalue weighted by molar-refractivity contribution is 5.48. The van der Waals surface area contributed by atoms with Crippen molar-refractivity contribution < 1.29 is 4.74 Å². The molecule has 0 atom stereocenters. The van der Waals surface area contributed by atoms with Crippen LogP contribution in [0.15, 0.2) is 30.8 Å². The molecule has 76 valence electrons. The summed E-state index contributed by atoms with van der Waals surface area (Å²) in [5.41, 5.74) is 6.49. The van der Waals surface area contributed by atoms with Crippen LogP contribution in [0.3, 0.4) is 0 Å². The number of benzene rings is 1. The van der Waals surface area contributed by atoms with Crippen LogP contribution in [0.2, 0.25) is 0 Å². The van der Waals surface area contributed by atoms with E-state index in [1.165, 1.54) is 0 Å². The van der Waals surface area contributed by atoms with Crippen LogP contribution in [0.4, 0.5) is 0 Å². The molecule has 2 heteroatoms. The molecular weight excluding hydrogens is 174 g/mol. The van der Waals surface area contributed by atoms with Crippen molar-refractivity contribution in [2.75, 3.05) is 13.2 Å². The Labute approximate surface area is 85.4 Å². The highest BCUT2D eigenvalue weighted by Gasteiger charge is 1.92. The van der Waals surface area contributed by atoms with E-state index >= 15 is 0 Å². The number of nitrogens with two attached hydrogens (primary N) is 1. The fourth-order valence-corrected chi connectivity index (χ4v) is 1.14. The smallest absolute Gasteiger partial charge is 0.119 e. The van der Waals surface area contributed by atoms with E-state index in [1.54, 1.807) is 0 Å². The predicted octanol–water partition coefficient (Wildman–Crippen LogP) is 2.45. The third-order valence-electron chi connectivity index (χ3n) is 1.98. The van der Waals surface area contributed by atoms with Gasteiger partial charge in [-0.15, -0.1) is 0 Å². The maximum Gasteiger partial charge on any atom is 0.119 e. The molecule has 2 nitrogen and oxygen atoms in total. The molecule has 0 fully saturated rings. The second kappa shape index (κ2) is 6.22. The van der Waals surface area contributed by atoms with Gasteiger partial charge in [-0.25, -0.2) is 0 Å². The van der Waals surface area contributed by atoms with Gasteiger partial charge in [0, 0.05) is 0 Å². The van der Waals surface area contributed by atoms with Gasteiger partial charge >= 0.3 is 0 Å². The summed E-state index contributed by atoms with van der Waals surface area (Å²) in [6, 6.07) is 7.90. The second-order valence-electron chi connectivity index (χ2n) is 3.12. The summed E-state index contributed by atoms with van der Waals surface area (Å²) in [7, 11) is 0. The predicted molar refractivity (Wildman–Crippen MR) is 60.3 cm³/mol. The van der Waals surface area contributed by atoms with Crippen molar-refractivity contribution in [3.05, 3.63) is 36.4 Å². The Bertz CT molecular complexity index is 266. The summed E-state index contributed by atoms with van der Waals surface area (Å²) < 4.78 is 5.52. The molecule has 0 bridgehead atoms. The van der Waals surface area contributed by atoms with E-state index in [-0.39, 0.29) is 0 Å². The van der Waals surface area contributed by atoms with Gasteiger partial charge in [-0.3, -0.25) is 0 Å². The van der Waals surface area contributed by atoms with Crippen molar-refractivity contribution in [1.29, 1.82) is 0 Å². The fourth-order valence-electron chi connectivity index (χ4n) is 1.14. The first-order chi connectivity index (χ1) is 6.86. The molecule has 0 radical (unpaired) electrons. The Balaban J connectivity index is 2.32. The van der Waals surface area contributed by atoms with E-state index in [0.29, 0.717) is 0 Å². The molecular formula is C12H17NO. The Morgan fingerprint density at radius 2 is 1.93 bits per heavy atom. The normalized spacial score (nSPS) is 9.79. The molecule has 1 aromatic carbocycles. The number of ether oxygens (including phenoxy) is 1. The van der Waals surface area contributed by atoms with E-state index in [0.717, 1.165) is 37.3 Å². The van der Waals surface area contributed by atoms with Crippen LogP contribution in [0, 0.1) is 0 Å². The molecule has 0 unspecified atom stereocenters. The molecule has 0 heterocycles. The van der Waals surface area contributed by atoms with Crippen LogP contribution in [0.1, 0.15) is 18.4 Å². The molecule has 0 saturated carbocycles. The quantitative estimate of drug-likeness (QED) is 0.701. The summed E-state index contributed by atoms with van der Waals surface area (Å²) in [5.74, 6) is 0.910. The van der Waals surface area contributed by atoms with Gasteiger partial charge in [-0.2, -0.15) is 0 Å². The average molecular weight is 191 g/mol. The zero-order chi connectivity index (χ0) is 10.2. The summed E-state index contributed by atoms with van der Waals surface area (Å²) in [6.07, 6.45) is 3.85. The summed E-state index contributed by atoms with van der Waals surface area (Å²) in [4.78, 5) is 0. The first-order valence-corrected chi connectivity index (χ1v) is 4.92. The Morgan fingerprint density at radius 3 is 2.50 bits per heavy atom. The summed E-state index contributed by atoms with van der Waals surface area (Å²) in [6.45, 7) is 5.17. The van der Waals surface area contributed by atoms with Gasteiger partial charge in [0.1, 0.15) is 5.75 Å². The van der Waals surface area contributed by atoms with E-state index in [2.05, 4.69) is 6.58 Å². The summed E-state index contributed by atoms with van der Waals surface area (Å²) >= 11 is 0. The number of hydrogen-bond acceptors (Lipinski definition) is 2. The molecule has 0 amide bonds. The van der Waals surface area contributed by atoms with Gasteiger partial charge in [0.15, 0.2) is 0 Å². The van der Waals surface area contributed by atoms with E-state index in [9.17, 15) is 0 Å². The Hall–Kier alpha value is -1.28. The number of unbranched alkanes of at least 4 members (excludes halogenated alkanes) is 1. The zero-order valence-corrected chi connectivity index (χ0v) is 8.41. The zero-order valence-electron chi connectivity index (χ0n) is 8.41. The van der Waals surface area contributed by atoms with Crippen molar-refractivity contribution in [2.45, 2.75) is 12.8 Å². The molecule has 0 aromatic heterocycles. The average Bonchev–Trinajstić information content (AvgIpc) is 2.25. The van der Waals surface area contributed by atoms with Gasteiger partial charge in [0.25, 0.3) is 0 Å². The molecule has 0 spiro atoms. The lowest BCUT2D eigenvalue weighted by Crippen LogP contribution is -2.03. The molecule has 0 aliphatic heterocycles. The van der Waals surface area contributed by atoms with Crippen LogP contribution in [0.25, 0.3) is 6.08 Å². The Morgan fingerprint density at radius 1 is 1.21 bits per heavy atom. The van der Waals surface area contributed by atoms with Gasteiger partial charge in [-0.1, -0.05) is 24.8 Å². The molecule has 1 rings (SSSR count). The lowest BCUT2D eigenvalue weighted by atomic mass is 10.2. The SMILES string of the molecule is C=Cc1ccc(OCCCCN)cc1. The molecule has 0 saturated heterocycles. The van der Waals surface area contributed by atoms with Crippen LogP contribution >= 0.6 is 0 Å². The lowest BCUT2D eigenvalue weighted by Gasteiger charge is -2.05. The maximum atomic E-state index is 5.52. The largest absolute Gasteiger partial charge is 0.494 e. The van der Waals surface area contributed by atoms with E-state index < -0.39 is 0 Å². The van der Waals surface area contributed by atoms with Crippen molar-refractivity contribution in [2.24, 2.45) is 5.73 Å². The monoisotopic (exact) mass is 191 g/mol. The van der Waals surface area contributed by atoms with Gasteiger partial charge < -0.3 is 10.5 Å². The van der Waals surface area contributed by atoms with Gasteiger partial charge in [0.2, 0.25) is 0 Å². The van der Waals surface area contributed by atoms with Crippen molar-refractivity contribution in [1.82, 2.24) is 0 Å². The minimum absolute atomic E-state index is 0.735. The molecule has 0 aliphatic carbocycles. The fraction of sp³-hybridized carbons (Fsp3) is 0.333. The second-order valence-corrected chi connectivity index (χ2v) is 3.12. The minimum Gasteiger partial charge on any atom is -0.494 e. The van der Waals surface area contributed by atoms with Gasteiger partial charge in [-0.05, 0) is 37.1 Å². The molecule has 2 N–H and O–H groups in total. The van der Waals surface area contributed by atoms with Crippen molar-refractivity contribution >= 4 is 6.08 Å². The highest BCUT2D eigenvalue weighted by Crippen LogP contribution is 2.12. The van der Waals surface area contributed by atoms with Gasteiger partial charge in [0.05, 0.1) is 6.61 Å². The lowest BCUT2D eigenvalue weighted by molar-refractivity contribution is 0.308. The topological polar surface area (TPSA) is 35.2 Å². The number of rotatable bonds is 6.